The maximum absolute atomic E-state index is 13.0. The Balaban J connectivity index is 1.94. The maximum Gasteiger partial charge on any atom is 0.243 e. The van der Waals surface area contributed by atoms with Crippen molar-refractivity contribution in [1.29, 1.82) is 0 Å². The average molecular weight is 380 g/mol. The first kappa shape index (κ1) is 19.4. The Hall–Kier alpha value is -2.39. The van der Waals surface area contributed by atoms with Gasteiger partial charge in [0.2, 0.25) is 10.0 Å². The van der Waals surface area contributed by atoms with Crippen LogP contribution in [0.3, 0.4) is 0 Å². The molecular formula is C23H25NO2S. The minimum atomic E-state index is -3.53. The molecule has 1 aliphatic rings. The number of aryl methyl sites for hydroxylation is 2. The monoisotopic (exact) mass is 379 g/mol. The minimum absolute atomic E-state index is 0.00807. The maximum atomic E-state index is 13.0. The highest BCUT2D eigenvalue weighted by Gasteiger charge is 2.36. The van der Waals surface area contributed by atoms with E-state index in [1.54, 1.807) is 12.1 Å². The van der Waals surface area contributed by atoms with Crippen molar-refractivity contribution in [2.75, 3.05) is 13.1 Å². The second-order valence-corrected chi connectivity index (χ2v) is 9.18. The molecule has 27 heavy (non-hydrogen) atoms. The van der Waals surface area contributed by atoms with Crippen molar-refractivity contribution in [3.8, 4) is 0 Å². The van der Waals surface area contributed by atoms with E-state index in [1.165, 1.54) is 9.87 Å². The summed E-state index contributed by atoms with van der Waals surface area (Å²) < 4.78 is 27.6. The van der Waals surface area contributed by atoms with Crippen LogP contribution in [-0.4, -0.2) is 25.8 Å². The van der Waals surface area contributed by atoms with Crippen LogP contribution in [0.2, 0.25) is 0 Å². The molecule has 0 amide bonds. The largest absolute Gasteiger partial charge is 0.243 e. The number of rotatable bonds is 4. The van der Waals surface area contributed by atoms with Crippen LogP contribution in [0.1, 0.15) is 23.6 Å². The molecule has 0 saturated carbocycles. The fourth-order valence-corrected chi connectivity index (χ4v) is 4.69. The van der Waals surface area contributed by atoms with Gasteiger partial charge in [0.15, 0.2) is 0 Å². The van der Waals surface area contributed by atoms with Crippen LogP contribution >= 0.6 is 0 Å². The van der Waals surface area contributed by atoms with Crippen LogP contribution in [0.15, 0.2) is 76.9 Å². The Kier molecular flexibility index (Phi) is 5.52. The van der Waals surface area contributed by atoms with Crippen LogP contribution in [-0.2, 0) is 10.0 Å². The molecule has 0 N–H and O–H groups in total. The molecule has 1 fully saturated rings. The lowest BCUT2D eigenvalue weighted by Gasteiger charge is -2.16. The van der Waals surface area contributed by atoms with Crippen LogP contribution in [0.4, 0.5) is 0 Å². The van der Waals surface area contributed by atoms with Crippen molar-refractivity contribution in [3.05, 3.63) is 88.7 Å². The standard InChI is InChI=1S/C23H25NO2S/c1-17(2)23-16-24(27(25,26)22-12-8-18(3)9-13-22)15-21(23)11-10-20-7-5-6-19(4)14-20/h5-10,12-14,23H,1,15-16H2,2-4H3. The number of benzene rings is 2. The third-order valence-electron chi connectivity index (χ3n) is 4.87. The van der Waals surface area contributed by atoms with Gasteiger partial charge in [-0.1, -0.05) is 59.7 Å². The van der Waals surface area contributed by atoms with E-state index in [0.717, 1.165) is 22.3 Å². The molecule has 2 aromatic carbocycles. The topological polar surface area (TPSA) is 37.4 Å². The first-order valence-corrected chi connectivity index (χ1v) is 10.5. The minimum Gasteiger partial charge on any atom is -0.207 e. The molecule has 140 valence electrons. The molecule has 1 saturated heterocycles. The fraction of sp³-hybridized carbons (Fsp3) is 0.261. The first-order chi connectivity index (χ1) is 12.8. The SMILES string of the molecule is C=C(C)C1CN(S(=O)(=O)c2ccc(C)cc2)CC1=C=Cc1cccc(C)c1. The van der Waals surface area contributed by atoms with Gasteiger partial charge in [-0.15, -0.1) is 5.73 Å². The average Bonchev–Trinajstić information content (AvgIpc) is 3.06. The zero-order valence-corrected chi connectivity index (χ0v) is 16.9. The molecule has 0 aromatic heterocycles. The highest BCUT2D eigenvalue weighted by molar-refractivity contribution is 7.89. The second-order valence-electron chi connectivity index (χ2n) is 7.24. The van der Waals surface area contributed by atoms with E-state index in [0.29, 0.717) is 18.0 Å². The number of hydrogen-bond acceptors (Lipinski definition) is 2. The summed E-state index contributed by atoms with van der Waals surface area (Å²) >= 11 is 0. The van der Waals surface area contributed by atoms with Gasteiger partial charge in [-0.3, -0.25) is 0 Å². The molecule has 0 spiro atoms. The Morgan fingerprint density at radius 3 is 2.48 bits per heavy atom. The van der Waals surface area contributed by atoms with Gasteiger partial charge in [0, 0.05) is 19.0 Å². The predicted octanol–water partition coefficient (Wildman–Crippen LogP) is 4.74. The van der Waals surface area contributed by atoms with Gasteiger partial charge in [-0.25, -0.2) is 8.42 Å². The van der Waals surface area contributed by atoms with Gasteiger partial charge in [-0.05, 0) is 50.1 Å². The Bertz CT molecular complexity index is 1030. The lowest BCUT2D eigenvalue weighted by atomic mass is 9.96. The zero-order valence-electron chi connectivity index (χ0n) is 16.1. The van der Waals surface area contributed by atoms with E-state index in [9.17, 15) is 8.42 Å². The van der Waals surface area contributed by atoms with Crippen LogP contribution < -0.4 is 0 Å². The van der Waals surface area contributed by atoms with E-state index in [-0.39, 0.29) is 5.92 Å². The van der Waals surface area contributed by atoms with Gasteiger partial charge in [-0.2, -0.15) is 4.31 Å². The number of sulfonamides is 1. The second kappa shape index (κ2) is 7.69. The smallest absolute Gasteiger partial charge is 0.207 e. The molecule has 4 heteroatoms. The molecule has 0 radical (unpaired) electrons. The van der Waals surface area contributed by atoms with Gasteiger partial charge < -0.3 is 0 Å². The first-order valence-electron chi connectivity index (χ1n) is 9.02. The third kappa shape index (κ3) is 4.30. The van der Waals surface area contributed by atoms with Crippen molar-refractivity contribution in [2.24, 2.45) is 5.92 Å². The lowest BCUT2D eigenvalue weighted by molar-refractivity contribution is 0.468. The summed E-state index contributed by atoms with van der Waals surface area (Å²) in [6.45, 7) is 10.8. The molecule has 1 aliphatic heterocycles. The molecule has 1 unspecified atom stereocenters. The van der Waals surface area contributed by atoms with E-state index in [1.807, 2.05) is 57.2 Å². The Morgan fingerprint density at radius 2 is 1.85 bits per heavy atom. The summed E-state index contributed by atoms with van der Waals surface area (Å²) in [5.74, 6) is -0.00807. The number of nitrogens with zero attached hydrogens (tertiary/aromatic N) is 1. The highest BCUT2D eigenvalue weighted by Crippen LogP contribution is 2.31. The molecular weight excluding hydrogens is 354 g/mol. The Morgan fingerprint density at radius 1 is 1.15 bits per heavy atom. The molecule has 0 aliphatic carbocycles. The van der Waals surface area contributed by atoms with Crippen molar-refractivity contribution < 1.29 is 8.42 Å². The van der Waals surface area contributed by atoms with E-state index in [4.69, 9.17) is 0 Å². The summed E-state index contributed by atoms with van der Waals surface area (Å²) in [5, 5.41) is 0. The normalized spacial score (nSPS) is 17.6. The third-order valence-corrected chi connectivity index (χ3v) is 6.70. The van der Waals surface area contributed by atoms with Gasteiger partial charge >= 0.3 is 0 Å². The van der Waals surface area contributed by atoms with Crippen LogP contribution in [0.25, 0.3) is 6.08 Å². The summed E-state index contributed by atoms with van der Waals surface area (Å²) in [7, 11) is -3.53. The van der Waals surface area contributed by atoms with E-state index >= 15 is 0 Å². The van der Waals surface area contributed by atoms with Crippen LogP contribution in [0, 0.1) is 19.8 Å². The molecule has 2 aromatic rings. The van der Waals surface area contributed by atoms with Crippen molar-refractivity contribution in [3.63, 3.8) is 0 Å². The fourth-order valence-electron chi connectivity index (χ4n) is 3.26. The van der Waals surface area contributed by atoms with Crippen LogP contribution in [0.5, 0.6) is 0 Å². The molecule has 0 bridgehead atoms. The van der Waals surface area contributed by atoms with E-state index in [2.05, 4.69) is 18.4 Å². The summed E-state index contributed by atoms with van der Waals surface area (Å²) in [6.07, 6.45) is 1.93. The molecule has 1 atom stereocenters. The summed E-state index contributed by atoms with van der Waals surface area (Å²) in [5.41, 5.74) is 8.54. The van der Waals surface area contributed by atoms with Gasteiger partial charge in [0.05, 0.1) is 4.90 Å². The van der Waals surface area contributed by atoms with Crippen molar-refractivity contribution >= 4 is 16.1 Å². The lowest BCUT2D eigenvalue weighted by Crippen LogP contribution is -2.29. The summed E-state index contributed by atoms with van der Waals surface area (Å²) in [4.78, 5) is 0.331. The molecule has 3 rings (SSSR count). The molecule has 3 nitrogen and oxygen atoms in total. The summed E-state index contributed by atoms with van der Waals surface area (Å²) in [6, 6.07) is 15.2. The highest BCUT2D eigenvalue weighted by atomic mass is 32.2. The van der Waals surface area contributed by atoms with E-state index < -0.39 is 10.0 Å². The number of hydrogen-bond donors (Lipinski definition) is 0. The Labute approximate surface area is 162 Å². The predicted molar refractivity (Wildman–Crippen MR) is 111 cm³/mol. The quantitative estimate of drug-likeness (QED) is 0.568. The van der Waals surface area contributed by atoms with Crippen molar-refractivity contribution in [2.45, 2.75) is 25.7 Å². The zero-order chi connectivity index (χ0) is 19.6. The van der Waals surface area contributed by atoms with Gasteiger partial charge in [0.25, 0.3) is 0 Å². The molecule has 1 heterocycles. The van der Waals surface area contributed by atoms with Gasteiger partial charge in [0.1, 0.15) is 0 Å². The van der Waals surface area contributed by atoms with Crippen molar-refractivity contribution in [1.82, 2.24) is 4.31 Å².